The summed E-state index contributed by atoms with van der Waals surface area (Å²) in [4.78, 5) is 30.7. The topological polar surface area (TPSA) is 75.3 Å². The van der Waals surface area contributed by atoms with Gasteiger partial charge in [0, 0.05) is 29.5 Å². The lowest BCUT2D eigenvalue weighted by Crippen LogP contribution is -2.39. The molecule has 0 aliphatic rings. The highest BCUT2D eigenvalue weighted by Gasteiger charge is 2.03. The van der Waals surface area contributed by atoms with Crippen molar-refractivity contribution in [3.05, 3.63) is 0 Å². The van der Waals surface area contributed by atoms with Crippen LogP contribution in [0.3, 0.4) is 0 Å². The number of rotatable bonds is 0. The molecule has 0 saturated carbocycles. The summed E-state index contributed by atoms with van der Waals surface area (Å²) in [6.45, 7) is 1.18. The summed E-state index contributed by atoms with van der Waals surface area (Å²) in [5.74, 6) is -0.504. The van der Waals surface area contributed by atoms with Gasteiger partial charge in [-0.15, -0.1) is 0 Å². The van der Waals surface area contributed by atoms with Crippen LogP contribution in [0.15, 0.2) is 0 Å². The van der Waals surface area contributed by atoms with E-state index in [9.17, 15) is 14.4 Å². The number of imide groups is 2. The summed E-state index contributed by atoms with van der Waals surface area (Å²) in [6.07, 6.45) is 0. The Morgan fingerprint density at radius 3 is 2.00 bits per heavy atom. The molecule has 0 spiro atoms. The molecule has 0 saturated heterocycles. The lowest BCUT2D eigenvalue weighted by atomic mass is 10.7. The van der Waals surface area contributed by atoms with Crippen molar-refractivity contribution < 1.29 is 14.4 Å². The van der Waals surface area contributed by atoms with Gasteiger partial charge in [0.15, 0.2) is 0 Å². The van der Waals surface area contributed by atoms with Crippen molar-refractivity contribution in [3.63, 3.8) is 0 Å². The average molecular weight is 256 g/mol. The predicted octanol–water partition coefficient (Wildman–Crippen LogP) is 0.387. The summed E-state index contributed by atoms with van der Waals surface area (Å²) in [7, 11) is 0. The molecule has 0 aliphatic carbocycles. The van der Waals surface area contributed by atoms with Crippen LogP contribution in [0.5, 0.6) is 0 Å². The number of carbonyl (C=O) groups excluding carboxylic acids is 3. The first kappa shape index (κ1) is 9.34. The Morgan fingerprint density at radius 1 is 1.20 bits per heavy atom. The van der Waals surface area contributed by atoms with Crippen LogP contribution in [0.25, 0.3) is 0 Å². The maximum atomic E-state index is 10.4. The van der Waals surface area contributed by atoms with Gasteiger partial charge in [0.1, 0.15) is 0 Å². The van der Waals surface area contributed by atoms with E-state index in [0.29, 0.717) is 0 Å². The Bertz CT molecular complexity index is 161. The van der Waals surface area contributed by atoms with Gasteiger partial charge in [0.05, 0.1) is 0 Å². The molecule has 2 N–H and O–H groups in total. The molecule has 0 bridgehead atoms. The third kappa shape index (κ3) is 5.48. The fraction of sp³-hybridized carbons (Fsp3) is 0.250. The molecule has 4 amide bonds. The molecule has 5 nitrogen and oxygen atoms in total. The summed E-state index contributed by atoms with van der Waals surface area (Å²) < 4.78 is -0.531. The number of amides is 4. The van der Waals surface area contributed by atoms with Crippen LogP contribution in [0.1, 0.15) is 6.92 Å². The third-order valence-electron chi connectivity index (χ3n) is 0.501. The van der Waals surface area contributed by atoms with Crippen LogP contribution in [-0.2, 0) is 4.79 Å². The van der Waals surface area contributed by atoms with Gasteiger partial charge in [-0.1, -0.05) is 0 Å². The SMILES string of the molecule is CC(=O)NC(=O)NC(=O)I. The van der Waals surface area contributed by atoms with Gasteiger partial charge < -0.3 is 0 Å². The number of nitrogens with one attached hydrogen (secondary N) is 2. The number of urea groups is 1. The maximum Gasteiger partial charge on any atom is 0.328 e. The summed E-state index contributed by atoms with van der Waals surface area (Å²) in [5.41, 5.74) is 0. The van der Waals surface area contributed by atoms with Gasteiger partial charge in [0.2, 0.25) is 5.91 Å². The van der Waals surface area contributed by atoms with Crippen molar-refractivity contribution in [2.45, 2.75) is 6.92 Å². The predicted molar refractivity (Wildman–Crippen MR) is 41.8 cm³/mol. The van der Waals surface area contributed by atoms with Crippen molar-refractivity contribution in [2.75, 3.05) is 0 Å². The molecule has 0 fully saturated rings. The molecule has 0 rings (SSSR count). The highest BCUT2D eigenvalue weighted by atomic mass is 127. The zero-order chi connectivity index (χ0) is 8.15. The molecule has 6 heteroatoms. The number of hydrogen-bond donors (Lipinski definition) is 2. The van der Waals surface area contributed by atoms with E-state index >= 15 is 0 Å². The fourth-order valence-electron chi connectivity index (χ4n) is 0.280. The first-order valence-electron chi connectivity index (χ1n) is 2.30. The van der Waals surface area contributed by atoms with Crippen molar-refractivity contribution in [1.82, 2.24) is 10.6 Å². The van der Waals surface area contributed by atoms with E-state index < -0.39 is 15.9 Å². The second-order valence-corrected chi connectivity index (χ2v) is 2.39. The molecule has 0 aromatic rings. The van der Waals surface area contributed by atoms with E-state index in [1.165, 1.54) is 29.5 Å². The quantitative estimate of drug-likeness (QED) is 0.374. The molecule has 10 heavy (non-hydrogen) atoms. The van der Waals surface area contributed by atoms with Gasteiger partial charge in [0.25, 0.3) is 3.91 Å². The van der Waals surface area contributed by atoms with E-state index in [2.05, 4.69) is 0 Å². The minimum atomic E-state index is -0.799. The van der Waals surface area contributed by atoms with Crippen LogP contribution in [-0.4, -0.2) is 15.9 Å². The van der Waals surface area contributed by atoms with Crippen molar-refractivity contribution in [1.29, 1.82) is 0 Å². The highest BCUT2D eigenvalue weighted by Crippen LogP contribution is 1.81. The van der Waals surface area contributed by atoms with E-state index in [0.717, 1.165) is 0 Å². The Kier molecular flexibility index (Phi) is 3.93. The zero-order valence-corrected chi connectivity index (χ0v) is 7.26. The smallest absolute Gasteiger partial charge is 0.278 e. The first-order chi connectivity index (χ1) is 4.52. The first-order valence-corrected chi connectivity index (χ1v) is 3.38. The third-order valence-corrected chi connectivity index (χ3v) is 0.771. The summed E-state index contributed by atoms with van der Waals surface area (Å²) >= 11 is 1.38. The monoisotopic (exact) mass is 256 g/mol. The van der Waals surface area contributed by atoms with Gasteiger partial charge in [-0.2, -0.15) is 0 Å². The van der Waals surface area contributed by atoms with E-state index in [1.807, 2.05) is 10.6 Å². The molecule has 0 atom stereocenters. The van der Waals surface area contributed by atoms with Crippen molar-refractivity contribution >= 4 is 38.4 Å². The second kappa shape index (κ2) is 4.20. The van der Waals surface area contributed by atoms with E-state index in [1.54, 1.807) is 0 Å². The van der Waals surface area contributed by atoms with Crippen LogP contribution < -0.4 is 10.6 Å². The van der Waals surface area contributed by atoms with Crippen LogP contribution in [0.2, 0.25) is 0 Å². The number of halogens is 1. The van der Waals surface area contributed by atoms with Gasteiger partial charge >= 0.3 is 6.03 Å². The Hall–Kier alpha value is -0.660. The van der Waals surface area contributed by atoms with Crippen LogP contribution in [0.4, 0.5) is 9.59 Å². The molecule has 0 heterocycles. The summed E-state index contributed by atoms with van der Waals surface area (Å²) in [5, 5.41) is 3.71. The average Bonchev–Trinajstić information content (AvgIpc) is 1.58. The van der Waals surface area contributed by atoms with Crippen LogP contribution in [0, 0.1) is 0 Å². The van der Waals surface area contributed by atoms with E-state index in [-0.39, 0.29) is 0 Å². The zero-order valence-electron chi connectivity index (χ0n) is 5.10. The van der Waals surface area contributed by atoms with E-state index in [4.69, 9.17) is 0 Å². The minimum absolute atomic E-state index is 0.504. The van der Waals surface area contributed by atoms with Crippen LogP contribution >= 0.6 is 22.6 Å². The van der Waals surface area contributed by atoms with Gasteiger partial charge in [-0.05, 0) is 0 Å². The Balaban J connectivity index is 3.65. The van der Waals surface area contributed by atoms with Crippen molar-refractivity contribution in [2.24, 2.45) is 0 Å². The fourth-order valence-corrected chi connectivity index (χ4v) is 0.525. The maximum absolute atomic E-state index is 10.4. The molecule has 0 radical (unpaired) electrons. The van der Waals surface area contributed by atoms with Gasteiger partial charge in [-0.25, -0.2) is 4.79 Å². The molecule has 0 unspecified atom stereocenters. The molecular weight excluding hydrogens is 251 g/mol. The Labute approximate surface area is 70.7 Å². The number of hydrogen-bond acceptors (Lipinski definition) is 3. The molecule has 0 aromatic heterocycles. The van der Waals surface area contributed by atoms with Gasteiger partial charge in [-0.3, -0.25) is 20.2 Å². The molecule has 0 aliphatic heterocycles. The highest BCUT2D eigenvalue weighted by molar-refractivity contribution is 14.1. The molecule has 0 aromatic carbocycles. The van der Waals surface area contributed by atoms with Crippen molar-refractivity contribution in [3.8, 4) is 0 Å². The largest absolute Gasteiger partial charge is 0.328 e. The normalized spacial score (nSPS) is 8.20. The second-order valence-electron chi connectivity index (χ2n) is 1.41. The standard InChI is InChI=1S/C4H5IN2O3/c1-2(8)6-4(10)7-3(5)9/h1H3,(H2,6,7,8,9,10). The lowest BCUT2D eigenvalue weighted by Gasteiger charge is -1.97. The molecule has 56 valence electrons. The summed E-state index contributed by atoms with van der Waals surface area (Å²) in [6, 6.07) is -0.799. The minimum Gasteiger partial charge on any atom is -0.278 e. The molecular formula is C4H5IN2O3. The lowest BCUT2D eigenvalue weighted by molar-refractivity contribution is -0.117. The Morgan fingerprint density at radius 2 is 1.70 bits per heavy atom. The number of carbonyl (C=O) groups is 3.